The van der Waals surface area contributed by atoms with E-state index in [1.165, 1.54) is 0 Å². The van der Waals surface area contributed by atoms with Crippen molar-refractivity contribution in [3.05, 3.63) is 35.9 Å². The van der Waals surface area contributed by atoms with Gasteiger partial charge in [0, 0.05) is 6.42 Å². The van der Waals surface area contributed by atoms with E-state index in [0.29, 0.717) is 24.7 Å². The second-order valence-corrected chi connectivity index (χ2v) is 10.4. The summed E-state index contributed by atoms with van der Waals surface area (Å²) < 4.78 is 6.15. The minimum absolute atomic E-state index is 0.0911. The minimum atomic E-state index is -1.17. The number of hydrogen-bond acceptors (Lipinski definition) is 2. The fourth-order valence-electron chi connectivity index (χ4n) is 3.96. The lowest BCUT2D eigenvalue weighted by Crippen LogP contribution is -2.54. The van der Waals surface area contributed by atoms with Crippen LogP contribution in [0.4, 0.5) is 0 Å². The average Bonchev–Trinajstić information content (AvgIpc) is 2.46. The third-order valence-electron chi connectivity index (χ3n) is 4.97. The molecular weight excluding hydrogens is 288 g/mol. The number of benzene rings is 1. The Bertz CT molecular complexity index is 504. The number of rotatable bonds is 4. The lowest BCUT2D eigenvalue weighted by atomic mass is 9.55. The molecule has 0 heterocycles. The van der Waals surface area contributed by atoms with Crippen molar-refractivity contribution in [2.24, 2.45) is 11.3 Å². The fraction of sp³-hybridized carbons (Fsp3) is 0.632. The molecule has 122 valence electrons. The molecular formula is C19H30O2Si. The number of carbonyl (C=O) groups is 1. The van der Waals surface area contributed by atoms with E-state index in [-0.39, 0.29) is 5.41 Å². The predicted molar refractivity (Wildman–Crippen MR) is 94.8 cm³/mol. The Morgan fingerprint density at radius 2 is 1.86 bits per heavy atom. The molecule has 2 rings (SSSR count). The van der Waals surface area contributed by atoms with Gasteiger partial charge in [-0.3, -0.25) is 4.79 Å². The van der Waals surface area contributed by atoms with Crippen LogP contribution in [0.5, 0.6) is 0 Å². The zero-order valence-corrected chi connectivity index (χ0v) is 15.8. The second kappa shape index (κ2) is 6.67. The summed E-state index contributed by atoms with van der Waals surface area (Å²) in [5.74, 6) is 0.705. The van der Waals surface area contributed by atoms with E-state index >= 15 is 0 Å². The molecule has 1 aliphatic rings. The van der Waals surface area contributed by atoms with Gasteiger partial charge in [0.15, 0.2) is 9.04 Å². The van der Waals surface area contributed by atoms with Gasteiger partial charge in [-0.05, 0) is 42.8 Å². The molecule has 0 spiro atoms. The molecule has 2 nitrogen and oxygen atoms in total. The molecule has 0 bridgehead atoms. The zero-order valence-electron chi connectivity index (χ0n) is 14.7. The Morgan fingerprint density at radius 1 is 1.23 bits per heavy atom. The van der Waals surface area contributed by atoms with Crippen LogP contribution < -0.4 is 0 Å². The number of ketones is 1. The van der Waals surface area contributed by atoms with E-state index in [1.54, 1.807) is 0 Å². The third kappa shape index (κ3) is 3.36. The molecule has 22 heavy (non-hydrogen) atoms. The predicted octanol–water partition coefficient (Wildman–Crippen LogP) is 4.34. The van der Waals surface area contributed by atoms with Crippen molar-refractivity contribution < 1.29 is 9.22 Å². The van der Waals surface area contributed by atoms with Crippen LogP contribution in [0.3, 0.4) is 0 Å². The molecule has 0 unspecified atom stereocenters. The van der Waals surface area contributed by atoms with Crippen molar-refractivity contribution in [1.82, 2.24) is 0 Å². The average molecular weight is 319 g/mol. The van der Waals surface area contributed by atoms with Gasteiger partial charge in [0.2, 0.25) is 0 Å². The van der Waals surface area contributed by atoms with Gasteiger partial charge in [0.1, 0.15) is 5.78 Å². The number of carbonyl (C=O) groups excluding carboxylic acids is 1. The summed E-state index contributed by atoms with van der Waals surface area (Å²) in [7, 11) is -1.17. The van der Waals surface area contributed by atoms with Crippen molar-refractivity contribution in [3.8, 4) is 0 Å². The van der Waals surface area contributed by atoms with Crippen LogP contribution in [0.1, 0.15) is 45.6 Å². The van der Waals surface area contributed by atoms with Gasteiger partial charge in [-0.1, -0.05) is 51.1 Å². The quantitative estimate of drug-likeness (QED) is 0.772. The number of Topliss-reactive ketones (excluding diaryl/α,β-unsaturated/α-hetero) is 1. The van der Waals surface area contributed by atoms with Gasteiger partial charge in [0.05, 0.1) is 12.0 Å². The first-order chi connectivity index (χ1) is 10.3. The second-order valence-electron chi connectivity index (χ2n) is 7.93. The van der Waals surface area contributed by atoms with Crippen molar-refractivity contribution in [2.45, 2.75) is 58.5 Å². The lowest BCUT2D eigenvalue weighted by Gasteiger charge is -2.49. The molecule has 0 aromatic heterocycles. The lowest BCUT2D eigenvalue weighted by molar-refractivity contribution is -0.134. The molecule has 0 amide bonds. The highest BCUT2D eigenvalue weighted by Crippen LogP contribution is 2.49. The van der Waals surface area contributed by atoms with Gasteiger partial charge in [-0.25, -0.2) is 0 Å². The maximum atomic E-state index is 13.1. The summed E-state index contributed by atoms with van der Waals surface area (Å²) in [6.45, 7) is 11.7. The molecule has 1 fully saturated rings. The zero-order chi connectivity index (χ0) is 16.4. The van der Waals surface area contributed by atoms with Gasteiger partial charge < -0.3 is 4.43 Å². The van der Waals surface area contributed by atoms with Crippen molar-refractivity contribution in [1.29, 1.82) is 0 Å². The molecule has 0 N–H and O–H groups in total. The Kier molecular flexibility index (Phi) is 5.28. The molecule has 1 aromatic rings. The molecule has 3 heteroatoms. The molecule has 0 aliphatic heterocycles. The van der Waals surface area contributed by atoms with E-state index in [9.17, 15) is 4.79 Å². The maximum absolute atomic E-state index is 13.1. The summed E-state index contributed by atoms with van der Waals surface area (Å²) in [4.78, 5) is 13.1. The minimum Gasteiger partial charge on any atom is -0.419 e. The highest BCUT2D eigenvalue weighted by Gasteiger charge is 2.52. The van der Waals surface area contributed by atoms with Crippen molar-refractivity contribution in [3.63, 3.8) is 0 Å². The van der Waals surface area contributed by atoms with Crippen LogP contribution in [0.15, 0.2) is 30.3 Å². The van der Waals surface area contributed by atoms with E-state index < -0.39 is 14.5 Å². The van der Waals surface area contributed by atoms with Crippen LogP contribution in [-0.4, -0.2) is 21.4 Å². The first-order valence-electron chi connectivity index (χ1n) is 8.49. The van der Waals surface area contributed by atoms with Gasteiger partial charge >= 0.3 is 0 Å². The highest BCUT2D eigenvalue weighted by atomic mass is 28.3. The largest absolute Gasteiger partial charge is 0.419 e. The van der Waals surface area contributed by atoms with Crippen molar-refractivity contribution >= 4 is 14.8 Å². The summed E-state index contributed by atoms with van der Waals surface area (Å²) >= 11 is 0. The topological polar surface area (TPSA) is 26.3 Å². The maximum Gasteiger partial charge on any atom is 0.170 e. The van der Waals surface area contributed by atoms with Crippen LogP contribution in [0.2, 0.25) is 13.1 Å². The van der Waals surface area contributed by atoms with Crippen molar-refractivity contribution in [2.75, 3.05) is 6.61 Å². The summed E-state index contributed by atoms with van der Waals surface area (Å²) in [5.41, 5.74) is 0.775. The molecule has 1 aromatic carbocycles. The fourth-order valence-corrected chi connectivity index (χ4v) is 4.56. The molecule has 0 radical (unpaired) electrons. The Balaban J connectivity index is 2.54. The Labute approximate surface area is 137 Å². The van der Waals surface area contributed by atoms with Crippen LogP contribution in [-0.2, 0) is 14.6 Å². The van der Waals surface area contributed by atoms with Gasteiger partial charge in [-0.2, -0.15) is 0 Å². The van der Waals surface area contributed by atoms with Crippen LogP contribution in [0.25, 0.3) is 0 Å². The molecule has 1 saturated carbocycles. The van der Waals surface area contributed by atoms with Crippen LogP contribution >= 0.6 is 0 Å². The molecule has 2 atom stereocenters. The molecule has 0 saturated heterocycles. The van der Waals surface area contributed by atoms with Crippen LogP contribution in [0, 0.1) is 11.3 Å². The van der Waals surface area contributed by atoms with E-state index in [4.69, 9.17) is 4.43 Å². The first-order valence-corrected chi connectivity index (χ1v) is 11.3. The first kappa shape index (κ1) is 17.4. The summed E-state index contributed by atoms with van der Waals surface area (Å²) in [5, 5.41) is 0. The van der Waals surface area contributed by atoms with E-state index in [2.05, 4.69) is 46.0 Å². The van der Waals surface area contributed by atoms with Gasteiger partial charge in [0.25, 0.3) is 0 Å². The monoisotopic (exact) mass is 318 g/mol. The third-order valence-corrected chi connectivity index (χ3v) is 5.80. The van der Waals surface area contributed by atoms with Gasteiger partial charge in [-0.15, -0.1) is 0 Å². The summed E-state index contributed by atoms with van der Waals surface area (Å²) in [6, 6.07) is 10.4. The SMILES string of the molecule is C[SiH](C)OC[C@]1(c2ccccc2)C(=O)CCC[C@H]1C(C)(C)C. The van der Waals surface area contributed by atoms with E-state index in [1.807, 2.05) is 18.2 Å². The Hall–Kier alpha value is -0.933. The normalized spacial score (nSPS) is 26.5. The van der Waals surface area contributed by atoms with E-state index in [0.717, 1.165) is 18.4 Å². The smallest absolute Gasteiger partial charge is 0.170 e. The highest BCUT2D eigenvalue weighted by molar-refractivity contribution is 6.48. The number of hydrogen-bond donors (Lipinski definition) is 0. The summed E-state index contributed by atoms with van der Waals surface area (Å²) in [6.07, 6.45) is 2.80. The standard InChI is InChI=1S/C19H30O2Si/c1-18(2,3)16-12-9-13-17(20)19(16,14-21-22(4)5)15-10-7-6-8-11-15/h6-8,10-11,16,22H,9,12-14H2,1-5H3/t16-,19+/m0/s1. The Morgan fingerprint density at radius 3 is 2.41 bits per heavy atom. The molecule has 1 aliphatic carbocycles.